The van der Waals surface area contributed by atoms with Crippen LogP contribution in [0.3, 0.4) is 0 Å². The molecule has 0 unspecified atom stereocenters. The topological polar surface area (TPSA) is 67.2 Å². The molecule has 1 fully saturated rings. The van der Waals surface area contributed by atoms with E-state index >= 15 is 0 Å². The van der Waals surface area contributed by atoms with Crippen LogP contribution in [0.25, 0.3) is 0 Å². The third kappa shape index (κ3) is 3.09. The molecule has 5 heteroatoms. The number of nitrogens with zero attached hydrogens (tertiary/aromatic N) is 2. The number of nitrogens with one attached hydrogen (secondary N) is 1. The van der Waals surface area contributed by atoms with Crippen molar-refractivity contribution in [3.05, 3.63) is 52.8 Å². The third-order valence-electron chi connectivity index (χ3n) is 5.12. The lowest BCUT2D eigenvalue weighted by Crippen LogP contribution is -2.34. The second-order valence-electron chi connectivity index (χ2n) is 7.72. The van der Waals surface area contributed by atoms with Crippen molar-refractivity contribution in [2.45, 2.75) is 57.7 Å². The molecule has 2 aliphatic carbocycles. The van der Waals surface area contributed by atoms with Crippen LogP contribution in [0.1, 0.15) is 65.8 Å². The Kier molecular flexibility index (Phi) is 4.12. The maximum Gasteiger partial charge on any atom is 0.255 e. The Balaban J connectivity index is 1.59. The molecule has 1 aromatic carbocycles. The van der Waals surface area contributed by atoms with E-state index in [1.807, 2.05) is 28.9 Å². The summed E-state index contributed by atoms with van der Waals surface area (Å²) in [4.78, 5) is 12.9. The molecule has 2 aliphatic rings. The fourth-order valence-corrected chi connectivity index (χ4v) is 3.82. The predicted molar refractivity (Wildman–Crippen MR) is 95.4 cm³/mol. The van der Waals surface area contributed by atoms with Gasteiger partial charge in [-0.05, 0) is 29.9 Å². The highest BCUT2D eigenvalue weighted by atomic mass is 16.3. The molecule has 5 nitrogen and oxygen atoms in total. The number of aliphatic hydroxyl groups excluding tert-OH is 1. The van der Waals surface area contributed by atoms with E-state index in [1.165, 1.54) is 0 Å². The van der Waals surface area contributed by atoms with Crippen LogP contribution < -0.4 is 5.32 Å². The Morgan fingerprint density at radius 3 is 2.84 bits per heavy atom. The number of rotatable bonds is 5. The molecule has 25 heavy (non-hydrogen) atoms. The Hall–Kier alpha value is -2.14. The van der Waals surface area contributed by atoms with E-state index in [2.05, 4.69) is 24.3 Å². The van der Waals surface area contributed by atoms with E-state index in [0.29, 0.717) is 23.8 Å². The number of carbonyl (C=O) groups excluding carboxylic acids is 1. The van der Waals surface area contributed by atoms with E-state index in [1.54, 1.807) is 6.20 Å². The van der Waals surface area contributed by atoms with Gasteiger partial charge in [-0.3, -0.25) is 9.48 Å². The number of aliphatic hydroxyl groups is 1. The van der Waals surface area contributed by atoms with Crippen molar-refractivity contribution in [2.24, 2.45) is 5.92 Å². The van der Waals surface area contributed by atoms with Gasteiger partial charge in [-0.2, -0.15) is 5.10 Å². The third-order valence-corrected chi connectivity index (χ3v) is 5.12. The first-order valence-electron chi connectivity index (χ1n) is 9.17. The lowest BCUT2D eigenvalue weighted by Gasteiger charge is -2.18. The summed E-state index contributed by atoms with van der Waals surface area (Å²) < 4.78 is 2.00. The molecule has 0 aliphatic heterocycles. The van der Waals surface area contributed by atoms with Crippen molar-refractivity contribution >= 4 is 5.91 Å². The zero-order valence-corrected chi connectivity index (χ0v) is 14.8. The number of hydrogen-bond acceptors (Lipinski definition) is 3. The number of carbonyl (C=O) groups is 1. The Morgan fingerprint density at radius 1 is 1.36 bits per heavy atom. The highest BCUT2D eigenvalue weighted by Crippen LogP contribution is 2.42. The van der Waals surface area contributed by atoms with Gasteiger partial charge in [0.15, 0.2) is 0 Å². The van der Waals surface area contributed by atoms with Crippen LogP contribution in [0, 0.1) is 5.92 Å². The van der Waals surface area contributed by atoms with Gasteiger partial charge < -0.3 is 10.4 Å². The summed E-state index contributed by atoms with van der Waals surface area (Å²) in [5.74, 6) is 0.803. The van der Waals surface area contributed by atoms with E-state index in [9.17, 15) is 9.90 Å². The van der Waals surface area contributed by atoms with E-state index < -0.39 is 6.10 Å². The average Bonchev–Trinajstić information content (AvgIpc) is 3.25. The first kappa shape index (κ1) is 16.3. The minimum atomic E-state index is -0.573. The largest absolute Gasteiger partial charge is 0.390 e. The van der Waals surface area contributed by atoms with Crippen molar-refractivity contribution in [3.8, 4) is 0 Å². The molecule has 4 rings (SSSR count). The molecule has 0 saturated heterocycles. The van der Waals surface area contributed by atoms with Gasteiger partial charge in [0.1, 0.15) is 0 Å². The van der Waals surface area contributed by atoms with Crippen LogP contribution in [0.2, 0.25) is 0 Å². The SMILES string of the molecule is CC(C)Cn1ncc(C(=O)N[C@H]2c3ccccc3C[C@H]2O)c1C1CC1. The van der Waals surface area contributed by atoms with Gasteiger partial charge in [0.2, 0.25) is 0 Å². The number of fused-ring (bicyclic) bond motifs is 1. The average molecular weight is 339 g/mol. The standard InChI is InChI=1S/C20H25N3O2/c1-12(2)11-23-19(13-7-8-13)16(10-21-23)20(25)22-18-15-6-4-3-5-14(15)9-17(18)24/h3-6,10,12-13,17-18,24H,7-9,11H2,1-2H3,(H,22,25)/t17-,18+/m1/s1. The number of hydrogen-bond donors (Lipinski definition) is 2. The van der Waals surface area contributed by atoms with Gasteiger partial charge in [-0.1, -0.05) is 38.1 Å². The Bertz CT molecular complexity index is 792. The lowest BCUT2D eigenvalue weighted by atomic mass is 10.1. The van der Waals surface area contributed by atoms with Crippen LogP contribution in [-0.4, -0.2) is 26.9 Å². The highest BCUT2D eigenvalue weighted by molar-refractivity contribution is 5.95. The van der Waals surface area contributed by atoms with E-state index in [4.69, 9.17) is 0 Å². The molecule has 0 bridgehead atoms. The molecule has 1 saturated carbocycles. The zero-order valence-electron chi connectivity index (χ0n) is 14.8. The summed E-state index contributed by atoms with van der Waals surface area (Å²) in [5.41, 5.74) is 3.86. The number of benzene rings is 1. The number of aromatic nitrogens is 2. The van der Waals surface area contributed by atoms with Gasteiger partial charge in [0, 0.05) is 18.9 Å². The molecule has 1 amide bonds. The van der Waals surface area contributed by atoms with Crippen molar-refractivity contribution in [1.29, 1.82) is 0 Å². The summed E-state index contributed by atoms with van der Waals surface area (Å²) in [6.07, 6.45) is 3.95. The summed E-state index contributed by atoms with van der Waals surface area (Å²) >= 11 is 0. The van der Waals surface area contributed by atoms with Crippen molar-refractivity contribution in [2.75, 3.05) is 0 Å². The molecule has 2 atom stereocenters. The zero-order chi connectivity index (χ0) is 17.6. The summed E-state index contributed by atoms with van der Waals surface area (Å²) in [6, 6.07) is 7.58. The van der Waals surface area contributed by atoms with Gasteiger partial charge in [0.25, 0.3) is 5.91 Å². The Morgan fingerprint density at radius 2 is 2.12 bits per heavy atom. The van der Waals surface area contributed by atoms with Gasteiger partial charge in [0.05, 0.1) is 29.6 Å². The van der Waals surface area contributed by atoms with E-state index in [-0.39, 0.29) is 11.9 Å². The number of amides is 1. The lowest BCUT2D eigenvalue weighted by molar-refractivity contribution is 0.0857. The highest BCUT2D eigenvalue weighted by Gasteiger charge is 2.36. The molecule has 1 heterocycles. The fraction of sp³-hybridized carbons (Fsp3) is 0.500. The molecular weight excluding hydrogens is 314 g/mol. The molecule has 1 aromatic heterocycles. The van der Waals surface area contributed by atoms with Crippen LogP contribution in [-0.2, 0) is 13.0 Å². The normalized spacial score (nSPS) is 22.2. The minimum Gasteiger partial charge on any atom is -0.390 e. The van der Waals surface area contributed by atoms with Crippen LogP contribution in [0.4, 0.5) is 0 Å². The van der Waals surface area contributed by atoms with Gasteiger partial charge in [-0.15, -0.1) is 0 Å². The van der Waals surface area contributed by atoms with Crippen molar-refractivity contribution in [3.63, 3.8) is 0 Å². The Labute approximate surface area is 148 Å². The van der Waals surface area contributed by atoms with E-state index in [0.717, 1.165) is 36.2 Å². The van der Waals surface area contributed by atoms with Crippen LogP contribution in [0.15, 0.2) is 30.5 Å². The van der Waals surface area contributed by atoms with Gasteiger partial charge >= 0.3 is 0 Å². The van der Waals surface area contributed by atoms with Crippen molar-refractivity contribution in [1.82, 2.24) is 15.1 Å². The second-order valence-corrected chi connectivity index (χ2v) is 7.72. The maximum absolute atomic E-state index is 12.9. The predicted octanol–water partition coefficient (Wildman–Crippen LogP) is 2.80. The molecule has 0 radical (unpaired) electrons. The summed E-state index contributed by atoms with van der Waals surface area (Å²) in [7, 11) is 0. The fourth-order valence-electron chi connectivity index (χ4n) is 3.82. The maximum atomic E-state index is 12.9. The molecule has 0 spiro atoms. The van der Waals surface area contributed by atoms with Gasteiger partial charge in [-0.25, -0.2) is 0 Å². The monoisotopic (exact) mass is 339 g/mol. The quantitative estimate of drug-likeness (QED) is 0.880. The molecule has 2 aromatic rings. The summed E-state index contributed by atoms with van der Waals surface area (Å²) in [5, 5.41) is 17.9. The minimum absolute atomic E-state index is 0.127. The summed E-state index contributed by atoms with van der Waals surface area (Å²) in [6.45, 7) is 5.14. The smallest absolute Gasteiger partial charge is 0.255 e. The molecular formula is C20H25N3O2. The second kappa shape index (κ2) is 6.30. The first-order valence-corrected chi connectivity index (χ1v) is 9.17. The molecule has 2 N–H and O–H groups in total. The van der Waals surface area contributed by atoms with Crippen molar-refractivity contribution < 1.29 is 9.90 Å². The van der Waals surface area contributed by atoms with Crippen LogP contribution in [0.5, 0.6) is 0 Å². The molecule has 132 valence electrons. The van der Waals surface area contributed by atoms with Crippen LogP contribution >= 0.6 is 0 Å². The first-order chi connectivity index (χ1) is 12.0.